The summed E-state index contributed by atoms with van der Waals surface area (Å²) in [7, 11) is -3.05. The highest BCUT2D eigenvalue weighted by molar-refractivity contribution is 7.90. The molecule has 66 valence electrons. The average Bonchev–Trinajstić information content (AvgIpc) is 1.79. The van der Waals surface area contributed by atoms with Gasteiger partial charge in [0.15, 0.2) is 0 Å². The van der Waals surface area contributed by atoms with Crippen molar-refractivity contribution in [2.75, 3.05) is 13.1 Å². The van der Waals surface area contributed by atoms with Crippen LogP contribution >= 0.6 is 0 Å². The van der Waals surface area contributed by atoms with Gasteiger partial charge in [-0.15, -0.1) is 0 Å². The fourth-order valence-electron chi connectivity index (χ4n) is 0.740. The summed E-state index contributed by atoms with van der Waals surface area (Å²) in [6, 6.07) is 0.113. The van der Waals surface area contributed by atoms with Gasteiger partial charge in [-0.05, 0) is 13.8 Å². The van der Waals surface area contributed by atoms with Gasteiger partial charge in [0, 0.05) is 19.1 Å². The molecule has 1 aliphatic rings. The molecule has 0 aromatic rings. The molecule has 1 saturated heterocycles. The van der Waals surface area contributed by atoms with Crippen molar-refractivity contribution < 1.29 is 8.42 Å². The molecule has 0 radical (unpaired) electrons. The SMILES string of the molecule is CC(C)S(=O)(=O)NC1CNC1. The molecule has 0 aromatic heterocycles. The first kappa shape index (κ1) is 8.96. The molecule has 0 aromatic carbocycles. The second-order valence-corrected chi connectivity index (χ2v) is 5.34. The van der Waals surface area contributed by atoms with Gasteiger partial charge < -0.3 is 5.32 Å². The maximum atomic E-state index is 11.2. The van der Waals surface area contributed by atoms with Gasteiger partial charge in [-0.25, -0.2) is 13.1 Å². The van der Waals surface area contributed by atoms with Crippen LogP contribution < -0.4 is 10.0 Å². The van der Waals surface area contributed by atoms with Crippen molar-refractivity contribution in [3.63, 3.8) is 0 Å². The van der Waals surface area contributed by atoms with E-state index >= 15 is 0 Å². The van der Waals surface area contributed by atoms with Crippen LogP contribution in [0, 0.1) is 0 Å². The highest BCUT2D eigenvalue weighted by Gasteiger charge is 2.24. The summed E-state index contributed by atoms with van der Waals surface area (Å²) in [5.41, 5.74) is 0. The van der Waals surface area contributed by atoms with Crippen molar-refractivity contribution in [1.29, 1.82) is 0 Å². The zero-order valence-electron chi connectivity index (χ0n) is 6.79. The Morgan fingerprint density at radius 1 is 1.45 bits per heavy atom. The number of nitrogens with one attached hydrogen (secondary N) is 2. The molecular weight excluding hydrogens is 164 g/mol. The molecule has 0 atom stereocenters. The summed E-state index contributed by atoms with van der Waals surface area (Å²) in [4.78, 5) is 0. The van der Waals surface area contributed by atoms with E-state index in [1.807, 2.05) is 0 Å². The normalized spacial score (nSPS) is 20.3. The Labute approximate surface area is 67.4 Å². The van der Waals surface area contributed by atoms with Crippen LogP contribution in [0.25, 0.3) is 0 Å². The van der Waals surface area contributed by atoms with Gasteiger partial charge in [-0.3, -0.25) is 0 Å². The summed E-state index contributed by atoms with van der Waals surface area (Å²) in [5.74, 6) is 0. The van der Waals surface area contributed by atoms with Gasteiger partial charge in [0.2, 0.25) is 10.0 Å². The summed E-state index contributed by atoms with van der Waals surface area (Å²) in [5, 5.41) is 2.67. The molecule has 1 aliphatic heterocycles. The fraction of sp³-hybridized carbons (Fsp3) is 1.00. The topological polar surface area (TPSA) is 58.2 Å². The summed E-state index contributed by atoms with van der Waals surface area (Å²) in [6.45, 7) is 4.86. The Balaban J connectivity index is 2.46. The van der Waals surface area contributed by atoms with E-state index in [4.69, 9.17) is 0 Å². The van der Waals surface area contributed by atoms with E-state index in [1.54, 1.807) is 13.8 Å². The molecule has 0 unspecified atom stereocenters. The maximum Gasteiger partial charge on any atom is 0.214 e. The molecule has 0 amide bonds. The molecule has 2 N–H and O–H groups in total. The van der Waals surface area contributed by atoms with E-state index < -0.39 is 10.0 Å². The molecule has 1 fully saturated rings. The molecule has 11 heavy (non-hydrogen) atoms. The number of rotatable bonds is 3. The molecule has 5 heteroatoms. The summed E-state index contributed by atoms with van der Waals surface area (Å²) >= 11 is 0. The standard InChI is InChI=1S/C6H14N2O2S/c1-5(2)11(9,10)8-6-3-7-4-6/h5-8H,3-4H2,1-2H3. The smallest absolute Gasteiger partial charge is 0.214 e. The van der Waals surface area contributed by atoms with Gasteiger partial charge >= 0.3 is 0 Å². The minimum atomic E-state index is -3.05. The van der Waals surface area contributed by atoms with Gasteiger partial charge in [-0.1, -0.05) is 0 Å². The third-order valence-corrected chi connectivity index (χ3v) is 3.64. The van der Waals surface area contributed by atoms with Crippen LogP contribution in [0.4, 0.5) is 0 Å². The summed E-state index contributed by atoms with van der Waals surface area (Å²) in [6.07, 6.45) is 0. The van der Waals surface area contributed by atoms with E-state index in [0.717, 1.165) is 13.1 Å². The molecule has 4 nitrogen and oxygen atoms in total. The lowest BCUT2D eigenvalue weighted by molar-refractivity contribution is 0.409. The van der Waals surface area contributed by atoms with Gasteiger partial charge in [0.1, 0.15) is 0 Å². The second-order valence-electron chi connectivity index (χ2n) is 3.07. The number of sulfonamides is 1. The van der Waals surface area contributed by atoms with E-state index in [0.29, 0.717) is 0 Å². The van der Waals surface area contributed by atoms with Gasteiger partial charge in [-0.2, -0.15) is 0 Å². The Morgan fingerprint density at radius 3 is 2.27 bits per heavy atom. The largest absolute Gasteiger partial charge is 0.313 e. The quantitative estimate of drug-likeness (QED) is 0.600. The van der Waals surface area contributed by atoms with E-state index in [-0.39, 0.29) is 11.3 Å². The third-order valence-electron chi connectivity index (χ3n) is 1.73. The maximum absolute atomic E-state index is 11.2. The lowest BCUT2D eigenvalue weighted by Gasteiger charge is -2.28. The van der Waals surface area contributed by atoms with Crippen LogP contribution in [0.5, 0.6) is 0 Å². The highest BCUT2D eigenvalue weighted by Crippen LogP contribution is 2.00. The van der Waals surface area contributed by atoms with Crippen LogP contribution in [-0.2, 0) is 10.0 Å². The first-order valence-electron chi connectivity index (χ1n) is 3.74. The molecule has 1 heterocycles. The Bertz CT molecular complexity index is 219. The zero-order valence-corrected chi connectivity index (χ0v) is 7.61. The van der Waals surface area contributed by atoms with E-state index in [2.05, 4.69) is 10.0 Å². The lowest BCUT2D eigenvalue weighted by atomic mass is 10.2. The first-order valence-corrected chi connectivity index (χ1v) is 5.29. The van der Waals surface area contributed by atoms with Crippen molar-refractivity contribution >= 4 is 10.0 Å². The number of hydrogen-bond acceptors (Lipinski definition) is 3. The molecule has 0 bridgehead atoms. The minimum absolute atomic E-state index is 0.113. The van der Waals surface area contributed by atoms with Crippen LogP contribution in [0.15, 0.2) is 0 Å². The minimum Gasteiger partial charge on any atom is -0.313 e. The Hall–Kier alpha value is -0.130. The Kier molecular flexibility index (Phi) is 2.51. The van der Waals surface area contributed by atoms with Gasteiger partial charge in [0.05, 0.1) is 5.25 Å². The lowest BCUT2D eigenvalue weighted by Crippen LogP contribution is -2.57. The van der Waals surface area contributed by atoms with Crippen molar-refractivity contribution in [1.82, 2.24) is 10.0 Å². The van der Waals surface area contributed by atoms with Crippen molar-refractivity contribution in [2.24, 2.45) is 0 Å². The molecular formula is C6H14N2O2S. The highest BCUT2D eigenvalue weighted by atomic mass is 32.2. The fourth-order valence-corrected chi connectivity index (χ4v) is 1.64. The Morgan fingerprint density at radius 2 is 2.00 bits per heavy atom. The van der Waals surface area contributed by atoms with Crippen LogP contribution in [0.2, 0.25) is 0 Å². The molecule has 0 aliphatic carbocycles. The van der Waals surface area contributed by atoms with Crippen molar-refractivity contribution in [2.45, 2.75) is 25.1 Å². The van der Waals surface area contributed by atoms with Gasteiger partial charge in [0.25, 0.3) is 0 Å². The van der Waals surface area contributed by atoms with Crippen LogP contribution in [-0.4, -0.2) is 32.8 Å². The predicted octanol–water partition coefficient (Wildman–Crippen LogP) is -0.714. The van der Waals surface area contributed by atoms with E-state index in [9.17, 15) is 8.42 Å². The molecule has 0 saturated carbocycles. The molecule has 0 spiro atoms. The van der Waals surface area contributed by atoms with Crippen LogP contribution in [0.1, 0.15) is 13.8 Å². The third kappa shape index (κ3) is 2.15. The first-order chi connectivity index (χ1) is 5.02. The monoisotopic (exact) mass is 178 g/mol. The zero-order chi connectivity index (χ0) is 8.48. The van der Waals surface area contributed by atoms with Crippen LogP contribution in [0.3, 0.4) is 0 Å². The van der Waals surface area contributed by atoms with E-state index in [1.165, 1.54) is 0 Å². The number of hydrogen-bond donors (Lipinski definition) is 2. The predicted molar refractivity (Wildman–Crippen MR) is 43.8 cm³/mol. The summed E-state index contributed by atoms with van der Waals surface area (Å²) < 4.78 is 25.0. The molecule has 1 rings (SSSR count). The second kappa shape index (κ2) is 3.08. The van der Waals surface area contributed by atoms with Crippen molar-refractivity contribution in [3.8, 4) is 0 Å². The average molecular weight is 178 g/mol. The van der Waals surface area contributed by atoms with Crippen molar-refractivity contribution in [3.05, 3.63) is 0 Å².